The molecule has 0 aliphatic carbocycles. The molecule has 1 atom stereocenters. The molecule has 0 aromatic heterocycles. The fourth-order valence-electron chi connectivity index (χ4n) is 2.37. The summed E-state index contributed by atoms with van der Waals surface area (Å²) in [5, 5.41) is 0. The van der Waals surface area contributed by atoms with Gasteiger partial charge in [0.25, 0.3) is 0 Å². The first-order chi connectivity index (χ1) is 11.6. The van der Waals surface area contributed by atoms with Crippen molar-refractivity contribution in [3.8, 4) is 5.75 Å². The molecular formula is C19H24ClFN2O2. The molecule has 0 bridgehead atoms. The van der Waals surface area contributed by atoms with Crippen LogP contribution in [0.1, 0.15) is 12.0 Å². The zero-order chi connectivity index (χ0) is 17.4. The highest BCUT2D eigenvalue weighted by Crippen LogP contribution is 2.11. The third kappa shape index (κ3) is 7.11. The fraction of sp³-hybridized carbons (Fsp3) is 0.316. The molecule has 1 unspecified atom stereocenters. The van der Waals surface area contributed by atoms with Gasteiger partial charge in [0.2, 0.25) is 5.91 Å². The topological polar surface area (TPSA) is 55.6 Å². The molecule has 1 amide bonds. The molecule has 25 heavy (non-hydrogen) atoms. The minimum atomic E-state index is -0.546. The maximum absolute atomic E-state index is 12.8. The van der Waals surface area contributed by atoms with Gasteiger partial charge in [0.15, 0.2) is 0 Å². The number of carbonyl (C=O) groups is 1. The number of nitrogens with two attached hydrogens (primary N) is 1. The highest BCUT2D eigenvalue weighted by Gasteiger charge is 2.18. The van der Waals surface area contributed by atoms with Crippen LogP contribution in [-0.4, -0.2) is 37.0 Å². The van der Waals surface area contributed by atoms with Gasteiger partial charge in [-0.15, -0.1) is 12.4 Å². The van der Waals surface area contributed by atoms with Crippen LogP contribution < -0.4 is 10.5 Å². The minimum Gasteiger partial charge on any atom is -0.494 e. The molecule has 0 radical (unpaired) electrons. The highest BCUT2D eigenvalue weighted by molar-refractivity contribution is 5.85. The first-order valence-corrected chi connectivity index (χ1v) is 7.99. The average molecular weight is 367 g/mol. The van der Waals surface area contributed by atoms with Gasteiger partial charge in [0.05, 0.1) is 12.6 Å². The van der Waals surface area contributed by atoms with Gasteiger partial charge in [0.1, 0.15) is 11.6 Å². The average Bonchev–Trinajstić information content (AvgIpc) is 2.60. The van der Waals surface area contributed by atoms with E-state index in [9.17, 15) is 9.18 Å². The van der Waals surface area contributed by atoms with Crippen molar-refractivity contribution < 1.29 is 13.9 Å². The van der Waals surface area contributed by atoms with Gasteiger partial charge in [-0.3, -0.25) is 4.79 Å². The predicted molar refractivity (Wildman–Crippen MR) is 99.5 cm³/mol. The Hall–Kier alpha value is -2.11. The van der Waals surface area contributed by atoms with Crippen LogP contribution in [0, 0.1) is 5.82 Å². The summed E-state index contributed by atoms with van der Waals surface area (Å²) in [6.45, 7) is 1.01. The van der Waals surface area contributed by atoms with Gasteiger partial charge in [-0.25, -0.2) is 4.39 Å². The lowest BCUT2D eigenvalue weighted by atomic mass is 10.1. The normalized spacial score (nSPS) is 11.3. The van der Waals surface area contributed by atoms with Crippen LogP contribution in [0.4, 0.5) is 4.39 Å². The Bertz CT molecular complexity index is 638. The number of nitrogens with zero attached hydrogens (tertiary/aromatic N) is 1. The monoisotopic (exact) mass is 366 g/mol. The second-order valence-corrected chi connectivity index (χ2v) is 5.71. The van der Waals surface area contributed by atoms with E-state index >= 15 is 0 Å². The van der Waals surface area contributed by atoms with Gasteiger partial charge in [-0.2, -0.15) is 0 Å². The zero-order valence-electron chi connectivity index (χ0n) is 14.2. The van der Waals surface area contributed by atoms with Crippen LogP contribution in [-0.2, 0) is 11.2 Å². The molecule has 0 aliphatic heterocycles. The Balaban J connectivity index is 0.00000312. The first kappa shape index (κ1) is 20.9. The van der Waals surface area contributed by atoms with Crippen molar-refractivity contribution in [2.45, 2.75) is 18.9 Å². The lowest BCUT2D eigenvalue weighted by Crippen LogP contribution is -2.43. The smallest absolute Gasteiger partial charge is 0.239 e. The van der Waals surface area contributed by atoms with Gasteiger partial charge < -0.3 is 15.4 Å². The molecule has 136 valence electrons. The van der Waals surface area contributed by atoms with E-state index in [-0.39, 0.29) is 24.1 Å². The van der Waals surface area contributed by atoms with Gasteiger partial charge in [-0.1, -0.05) is 30.3 Å². The minimum absolute atomic E-state index is 0. The fourth-order valence-corrected chi connectivity index (χ4v) is 2.37. The summed E-state index contributed by atoms with van der Waals surface area (Å²) in [6, 6.07) is 15.1. The van der Waals surface area contributed by atoms with E-state index in [1.165, 1.54) is 12.1 Å². The van der Waals surface area contributed by atoms with Crippen molar-refractivity contribution >= 4 is 18.3 Å². The number of likely N-dealkylation sites (N-methyl/N-ethyl adjacent to an activating group) is 1. The van der Waals surface area contributed by atoms with E-state index in [0.717, 1.165) is 5.56 Å². The maximum Gasteiger partial charge on any atom is 0.239 e. The first-order valence-electron chi connectivity index (χ1n) is 7.99. The molecule has 6 heteroatoms. The van der Waals surface area contributed by atoms with Crippen LogP contribution in [0.25, 0.3) is 0 Å². The molecule has 0 fully saturated rings. The maximum atomic E-state index is 12.8. The van der Waals surface area contributed by atoms with E-state index in [1.54, 1.807) is 24.1 Å². The molecule has 4 nitrogen and oxygen atoms in total. The Morgan fingerprint density at radius 3 is 2.44 bits per heavy atom. The third-order valence-electron chi connectivity index (χ3n) is 3.71. The molecular weight excluding hydrogens is 343 g/mol. The van der Waals surface area contributed by atoms with E-state index < -0.39 is 6.04 Å². The summed E-state index contributed by atoms with van der Waals surface area (Å²) < 4.78 is 18.3. The third-order valence-corrected chi connectivity index (χ3v) is 3.71. The van der Waals surface area contributed by atoms with Crippen LogP contribution in [0.15, 0.2) is 54.6 Å². The van der Waals surface area contributed by atoms with Crippen molar-refractivity contribution in [1.82, 2.24) is 4.90 Å². The van der Waals surface area contributed by atoms with E-state index in [2.05, 4.69) is 0 Å². The molecule has 2 aromatic carbocycles. The standard InChI is InChI=1S/C19H23FN2O2.ClH/c1-22(12-5-13-24-17-10-8-16(20)9-11-17)19(23)18(21)14-15-6-3-2-4-7-15;/h2-4,6-11,18H,5,12-14,21H2,1H3;1H. The summed E-state index contributed by atoms with van der Waals surface area (Å²) in [5.74, 6) is 0.242. The summed E-state index contributed by atoms with van der Waals surface area (Å²) in [7, 11) is 1.74. The van der Waals surface area contributed by atoms with Crippen LogP contribution >= 0.6 is 12.4 Å². The SMILES string of the molecule is CN(CCCOc1ccc(F)cc1)C(=O)C(N)Cc1ccccc1.Cl. The molecule has 2 rings (SSSR count). The van der Waals surface area contributed by atoms with E-state index in [0.29, 0.717) is 31.7 Å². The van der Waals surface area contributed by atoms with Gasteiger partial charge in [-0.05, 0) is 42.7 Å². The van der Waals surface area contributed by atoms with Crippen molar-refractivity contribution in [1.29, 1.82) is 0 Å². The zero-order valence-corrected chi connectivity index (χ0v) is 15.0. The van der Waals surface area contributed by atoms with Crippen molar-refractivity contribution in [3.63, 3.8) is 0 Å². The van der Waals surface area contributed by atoms with E-state index in [1.807, 2.05) is 30.3 Å². The number of rotatable bonds is 8. The predicted octanol–water partition coefficient (Wildman–Crippen LogP) is 3.04. The molecule has 0 saturated heterocycles. The van der Waals surface area contributed by atoms with Crippen molar-refractivity contribution in [3.05, 3.63) is 66.0 Å². The quantitative estimate of drug-likeness (QED) is 0.730. The second kappa shape index (κ2) is 10.7. The molecule has 0 spiro atoms. The number of ether oxygens (including phenoxy) is 1. The summed E-state index contributed by atoms with van der Waals surface area (Å²) >= 11 is 0. The van der Waals surface area contributed by atoms with Crippen LogP contribution in [0.5, 0.6) is 5.75 Å². The summed E-state index contributed by atoms with van der Waals surface area (Å²) in [6.07, 6.45) is 1.20. The Labute approximate surface area is 154 Å². The summed E-state index contributed by atoms with van der Waals surface area (Å²) in [5.41, 5.74) is 7.05. The lowest BCUT2D eigenvalue weighted by molar-refractivity contribution is -0.131. The lowest BCUT2D eigenvalue weighted by Gasteiger charge is -2.21. The van der Waals surface area contributed by atoms with E-state index in [4.69, 9.17) is 10.5 Å². The Morgan fingerprint density at radius 1 is 1.16 bits per heavy atom. The second-order valence-electron chi connectivity index (χ2n) is 5.71. The number of carbonyl (C=O) groups excluding carboxylic acids is 1. The number of amides is 1. The Morgan fingerprint density at radius 2 is 1.80 bits per heavy atom. The van der Waals surface area contributed by atoms with Gasteiger partial charge >= 0.3 is 0 Å². The number of hydrogen-bond acceptors (Lipinski definition) is 3. The summed E-state index contributed by atoms with van der Waals surface area (Å²) in [4.78, 5) is 13.9. The molecule has 2 aromatic rings. The number of halogens is 2. The number of hydrogen-bond donors (Lipinski definition) is 1. The number of benzene rings is 2. The van der Waals surface area contributed by atoms with Crippen molar-refractivity contribution in [2.75, 3.05) is 20.2 Å². The van der Waals surface area contributed by atoms with Crippen LogP contribution in [0.2, 0.25) is 0 Å². The van der Waals surface area contributed by atoms with Gasteiger partial charge in [0, 0.05) is 13.6 Å². The highest BCUT2D eigenvalue weighted by atomic mass is 35.5. The molecule has 0 aliphatic rings. The van der Waals surface area contributed by atoms with Crippen LogP contribution in [0.3, 0.4) is 0 Å². The van der Waals surface area contributed by atoms with Crippen molar-refractivity contribution in [2.24, 2.45) is 5.73 Å². The molecule has 2 N–H and O–H groups in total. The Kier molecular flexibility index (Phi) is 8.95. The molecule has 0 saturated carbocycles. The largest absolute Gasteiger partial charge is 0.494 e. The molecule has 0 heterocycles.